The van der Waals surface area contributed by atoms with Gasteiger partial charge in [0.1, 0.15) is 11.5 Å². The molecule has 2 rings (SSSR count). The molecule has 1 unspecified atom stereocenters. The van der Waals surface area contributed by atoms with Crippen molar-refractivity contribution in [3.8, 4) is 11.5 Å². The van der Waals surface area contributed by atoms with Crippen molar-refractivity contribution in [3.63, 3.8) is 0 Å². The minimum atomic E-state index is -0.0691. The summed E-state index contributed by atoms with van der Waals surface area (Å²) in [4.78, 5) is 24.9. The van der Waals surface area contributed by atoms with E-state index in [9.17, 15) is 9.59 Å². The van der Waals surface area contributed by atoms with E-state index in [0.29, 0.717) is 19.3 Å². The lowest BCUT2D eigenvalue weighted by Gasteiger charge is -2.16. The Bertz CT molecular complexity index is 953. The quantitative estimate of drug-likeness (QED) is 0.569. The largest absolute Gasteiger partial charge is 0.496 e. The second-order valence-corrected chi connectivity index (χ2v) is 8.12. The number of ether oxygens (including phenoxy) is 2. The van der Waals surface area contributed by atoms with Gasteiger partial charge in [-0.25, -0.2) is 0 Å². The van der Waals surface area contributed by atoms with Gasteiger partial charge in [0.15, 0.2) is 0 Å². The van der Waals surface area contributed by atoms with Crippen LogP contribution in [0, 0.1) is 33.6 Å². The summed E-state index contributed by atoms with van der Waals surface area (Å²) in [6, 6.07) is 7.63. The highest BCUT2D eigenvalue weighted by atomic mass is 16.5. The molecule has 168 valence electrons. The zero-order chi connectivity index (χ0) is 23.1. The molecule has 2 aromatic carbocycles. The first-order valence-corrected chi connectivity index (χ1v) is 10.6. The lowest BCUT2D eigenvalue weighted by Crippen LogP contribution is -2.18. The van der Waals surface area contributed by atoms with Gasteiger partial charge >= 0.3 is 0 Å². The van der Waals surface area contributed by atoms with Gasteiger partial charge in [0.25, 0.3) is 0 Å². The normalized spacial score (nSPS) is 11.6. The van der Waals surface area contributed by atoms with Gasteiger partial charge in [-0.2, -0.15) is 0 Å². The molecule has 6 heteroatoms. The maximum atomic E-state index is 12.5. The van der Waals surface area contributed by atoms with Gasteiger partial charge in [0, 0.05) is 35.3 Å². The Balaban J connectivity index is 1.87. The number of hydrogen-bond donors (Lipinski definition) is 2. The molecule has 0 heterocycles. The van der Waals surface area contributed by atoms with Crippen LogP contribution in [-0.2, 0) is 9.59 Å². The standard InChI is InChI=1S/C25H34N2O4/c1-15(14-23(29)27-21-12-10-17(3)25(31-7)19(21)5)8-13-22(28)26-20-11-9-16(2)24(30-6)18(20)4/h9-12,15H,8,13-14H2,1-7H3,(H,26,28)(H,27,29). The number of benzene rings is 2. The highest BCUT2D eigenvalue weighted by molar-refractivity contribution is 5.93. The van der Waals surface area contributed by atoms with Crippen LogP contribution in [0.4, 0.5) is 11.4 Å². The molecular formula is C25H34N2O4. The van der Waals surface area contributed by atoms with E-state index in [1.165, 1.54) is 0 Å². The Hall–Kier alpha value is -3.02. The Labute approximate surface area is 185 Å². The van der Waals surface area contributed by atoms with Gasteiger partial charge in [0.2, 0.25) is 11.8 Å². The topological polar surface area (TPSA) is 76.7 Å². The van der Waals surface area contributed by atoms with Gasteiger partial charge in [-0.1, -0.05) is 19.1 Å². The maximum Gasteiger partial charge on any atom is 0.224 e. The second kappa shape index (κ2) is 10.8. The summed E-state index contributed by atoms with van der Waals surface area (Å²) in [6.45, 7) is 9.78. The highest BCUT2D eigenvalue weighted by Crippen LogP contribution is 2.30. The molecular weight excluding hydrogens is 392 g/mol. The molecule has 0 aliphatic rings. The number of hydrogen-bond acceptors (Lipinski definition) is 4. The SMILES string of the molecule is COc1c(C)ccc(NC(=O)CCC(C)CC(=O)Nc2ccc(C)c(OC)c2C)c1C. The van der Waals surface area contributed by atoms with Crippen LogP contribution in [0.1, 0.15) is 48.4 Å². The number of anilines is 2. The monoisotopic (exact) mass is 426 g/mol. The van der Waals surface area contributed by atoms with Crippen LogP contribution in [0.5, 0.6) is 11.5 Å². The molecule has 0 fully saturated rings. The zero-order valence-electron chi connectivity index (χ0n) is 19.6. The summed E-state index contributed by atoms with van der Waals surface area (Å²) < 4.78 is 10.8. The molecule has 0 saturated carbocycles. The van der Waals surface area contributed by atoms with E-state index in [1.54, 1.807) is 14.2 Å². The summed E-state index contributed by atoms with van der Waals surface area (Å²) in [5.74, 6) is 1.50. The number of carbonyl (C=O) groups excluding carboxylic acids is 2. The predicted octanol–water partition coefficient (Wildman–Crippen LogP) is 5.32. The molecule has 0 aliphatic carbocycles. The fourth-order valence-electron chi connectivity index (χ4n) is 3.76. The third-order valence-corrected chi connectivity index (χ3v) is 5.56. The summed E-state index contributed by atoms with van der Waals surface area (Å²) in [7, 11) is 3.25. The first-order chi connectivity index (χ1) is 14.7. The lowest BCUT2D eigenvalue weighted by atomic mass is 10.0. The van der Waals surface area contributed by atoms with E-state index in [1.807, 2.05) is 58.9 Å². The number of aryl methyl sites for hydroxylation is 2. The molecule has 2 amide bonds. The van der Waals surface area contributed by atoms with Crippen molar-refractivity contribution in [1.29, 1.82) is 0 Å². The average molecular weight is 427 g/mol. The molecule has 6 nitrogen and oxygen atoms in total. The minimum Gasteiger partial charge on any atom is -0.496 e. The average Bonchev–Trinajstić information content (AvgIpc) is 2.71. The third kappa shape index (κ3) is 6.23. The zero-order valence-corrected chi connectivity index (χ0v) is 19.6. The van der Waals surface area contributed by atoms with Gasteiger partial charge in [-0.3, -0.25) is 9.59 Å². The molecule has 0 bridgehead atoms. The number of amides is 2. The van der Waals surface area contributed by atoms with Gasteiger partial charge in [0.05, 0.1) is 14.2 Å². The highest BCUT2D eigenvalue weighted by Gasteiger charge is 2.15. The molecule has 0 aliphatic heterocycles. The van der Waals surface area contributed by atoms with E-state index < -0.39 is 0 Å². The van der Waals surface area contributed by atoms with Crippen LogP contribution in [-0.4, -0.2) is 26.0 Å². The van der Waals surface area contributed by atoms with Gasteiger partial charge < -0.3 is 20.1 Å². The van der Waals surface area contributed by atoms with Crippen LogP contribution in [0.25, 0.3) is 0 Å². The molecule has 1 atom stereocenters. The smallest absolute Gasteiger partial charge is 0.224 e. The Morgan fingerprint density at radius 3 is 1.71 bits per heavy atom. The number of nitrogens with one attached hydrogen (secondary N) is 2. The molecule has 0 spiro atoms. The van der Waals surface area contributed by atoms with E-state index >= 15 is 0 Å². The van der Waals surface area contributed by atoms with Crippen molar-refractivity contribution in [3.05, 3.63) is 46.5 Å². The summed E-state index contributed by atoms with van der Waals surface area (Å²) in [5, 5.41) is 5.92. The van der Waals surface area contributed by atoms with Gasteiger partial charge in [-0.05, 0) is 63.3 Å². The van der Waals surface area contributed by atoms with Crippen LogP contribution in [0.2, 0.25) is 0 Å². The summed E-state index contributed by atoms with van der Waals surface area (Å²) in [5.41, 5.74) is 5.37. The second-order valence-electron chi connectivity index (χ2n) is 8.12. The number of carbonyl (C=O) groups is 2. The minimum absolute atomic E-state index is 0.0685. The van der Waals surface area contributed by atoms with Crippen molar-refractivity contribution < 1.29 is 19.1 Å². The van der Waals surface area contributed by atoms with E-state index in [2.05, 4.69) is 10.6 Å². The van der Waals surface area contributed by atoms with Crippen LogP contribution < -0.4 is 20.1 Å². The van der Waals surface area contributed by atoms with Crippen molar-refractivity contribution in [2.75, 3.05) is 24.9 Å². The van der Waals surface area contributed by atoms with Crippen molar-refractivity contribution in [1.82, 2.24) is 0 Å². The van der Waals surface area contributed by atoms with Crippen molar-refractivity contribution in [2.45, 2.75) is 53.9 Å². The maximum absolute atomic E-state index is 12.5. The van der Waals surface area contributed by atoms with Crippen molar-refractivity contribution >= 4 is 23.2 Å². The van der Waals surface area contributed by atoms with E-state index in [0.717, 1.165) is 45.1 Å². The molecule has 0 aromatic heterocycles. The number of methoxy groups -OCH3 is 2. The number of rotatable bonds is 9. The lowest BCUT2D eigenvalue weighted by molar-refractivity contribution is -0.118. The molecule has 2 N–H and O–H groups in total. The van der Waals surface area contributed by atoms with Gasteiger partial charge in [-0.15, -0.1) is 0 Å². The Morgan fingerprint density at radius 1 is 0.806 bits per heavy atom. The first kappa shape index (κ1) is 24.3. The summed E-state index contributed by atoms with van der Waals surface area (Å²) >= 11 is 0. The fourth-order valence-corrected chi connectivity index (χ4v) is 3.76. The first-order valence-electron chi connectivity index (χ1n) is 10.6. The van der Waals surface area contributed by atoms with Crippen LogP contribution >= 0.6 is 0 Å². The molecule has 0 saturated heterocycles. The summed E-state index contributed by atoms with van der Waals surface area (Å²) in [6.07, 6.45) is 1.32. The molecule has 2 aromatic rings. The van der Waals surface area contributed by atoms with Crippen LogP contribution in [0.3, 0.4) is 0 Å². The van der Waals surface area contributed by atoms with E-state index in [4.69, 9.17) is 9.47 Å². The van der Waals surface area contributed by atoms with Crippen LogP contribution in [0.15, 0.2) is 24.3 Å². The predicted molar refractivity (Wildman–Crippen MR) is 125 cm³/mol. The van der Waals surface area contributed by atoms with E-state index in [-0.39, 0.29) is 17.7 Å². The molecule has 0 radical (unpaired) electrons. The molecule has 31 heavy (non-hydrogen) atoms. The van der Waals surface area contributed by atoms with Crippen molar-refractivity contribution in [2.24, 2.45) is 5.92 Å². The Morgan fingerprint density at radius 2 is 1.26 bits per heavy atom. The Kier molecular flexibility index (Phi) is 8.48. The third-order valence-electron chi connectivity index (χ3n) is 5.56. The fraction of sp³-hybridized carbons (Fsp3) is 0.440.